The Hall–Kier alpha value is -2.88. The Kier molecular flexibility index (Phi) is 10.6. The topological polar surface area (TPSA) is 86.8 Å². The van der Waals surface area contributed by atoms with Gasteiger partial charge in [-0.15, -0.1) is 0 Å². The first-order valence-electron chi connectivity index (χ1n) is 12.6. The molecule has 0 aliphatic heterocycles. The average Bonchev–Trinajstić information content (AvgIpc) is 2.90. The molecule has 0 spiro atoms. The number of nitrogens with zero attached hydrogens (tertiary/aromatic N) is 2. The second-order valence-electron chi connectivity index (χ2n) is 9.45. The number of sulfonamides is 1. The highest BCUT2D eigenvalue weighted by Crippen LogP contribution is 2.26. The maximum atomic E-state index is 13.9. The molecule has 3 aromatic rings. The highest BCUT2D eigenvalue weighted by molar-refractivity contribution is 9.10. The predicted molar refractivity (Wildman–Crippen MR) is 159 cm³/mol. The Morgan fingerprint density at radius 1 is 1.00 bits per heavy atom. The first kappa shape index (κ1) is 30.7. The molecule has 7 nitrogen and oxygen atoms in total. The fraction of sp³-hybridized carbons (Fsp3) is 0.310. The highest BCUT2D eigenvalue weighted by Gasteiger charge is 2.32. The number of rotatable bonds is 11. The standard InChI is InChI=1S/C29H33BrClN3O4S/c1-5-21(3)32-29(36)22(4)33(18-23-7-6-8-24(30)17-23)28(35)19-34(26-13-9-20(2)10-14-26)39(37,38)27-15-11-25(31)12-16-27/h6-17,21-22H,5,18-19H2,1-4H3,(H,32,36)/t21-,22-/m1/s1. The van der Waals surface area contributed by atoms with Crippen molar-refractivity contribution < 1.29 is 18.0 Å². The minimum absolute atomic E-state index is 0.00128. The maximum absolute atomic E-state index is 13.9. The van der Waals surface area contributed by atoms with Crippen LogP contribution >= 0.6 is 27.5 Å². The van der Waals surface area contributed by atoms with Gasteiger partial charge in [-0.05, 0) is 81.3 Å². The molecule has 1 N–H and O–H groups in total. The Morgan fingerprint density at radius 2 is 1.64 bits per heavy atom. The zero-order valence-electron chi connectivity index (χ0n) is 22.4. The third kappa shape index (κ3) is 8.06. The number of halogens is 2. The van der Waals surface area contributed by atoms with Gasteiger partial charge in [0.05, 0.1) is 10.6 Å². The van der Waals surface area contributed by atoms with Gasteiger partial charge in [-0.2, -0.15) is 0 Å². The van der Waals surface area contributed by atoms with Crippen molar-refractivity contribution >= 4 is 55.1 Å². The van der Waals surface area contributed by atoms with E-state index in [9.17, 15) is 18.0 Å². The lowest BCUT2D eigenvalue weighted by atomic mass is 10.1. The van der Waals surface area contributed by atoms with E-state index in [1.807, 2.05) is 45.0 Å². The van der Waals surface area contributed by atoms with E-state index in [0.717, 1.165) is 26.3 Å². The molecule has 2 atom stereocenters. The number of aryl methyl sites for hydroxylation is 1. The van der Waals surface area contributed by atoms with Crippen molar-refractivity contribution in [1.82, 2.24) is 10.2 Å². The summed E-state index contributed by atoms with van der Waals surface area (Å²) in [4.78, 5) is 28.4. The van der Waals surface area contributed by atoms with Gasteiger partial charge in [0.1, 0.15) is 12.6 Å². The number of nitrogens with one attached hydrogen (secondary N) is 1. The zero-order chi connectivity index (χ0) is 28.7. The lowest BCUT2D eigenvalue weighted by molar-refractivity contribution is -0.139. The van der Waals surface area contributed by atoms with E-state index in [1.165, 1.54) is 29.2 Å². The minimum atomic E-state index is -4.14. The second kappa shape index (κ2) is 13.5. The van der Waals surface area contributed by atoms with Crippen LogP contribution in [-0.2, 0) is 26.2 Å². The van der Waals surface area contributed by atoms with Gasteiger partial charge in [0.15, 0.2) is 0 Å². The van der Waals surface area contributed by atoms with E-state index in [2.05, 4.69) is 21.2 Å². The second-order valence-corrected chi connectivity index (χ2v) is 12.7. The van der Waals surface area contributed by atoms with Crippen LogP contribution in [0.3, 0.4) is 0 Å². The van der Waals surface area contributed by atoms with Gasteiger partial charge in [0.25, 0.3) is 10.0 Å². The van der Waals surface area contributed by atoms with Crippen LogP contribution < -0.4 is 9.62 Å². The molecular formula is C29H33BrClN3O4S. The van der Waals surface area contributed by atoms with Crippen molar-refractivity contribution in [2.24, 2.45) is 0 Å². The number of hydrogen-bond acceptors (Lipinski definition) is 4. The molecule has 2 amide bonds. The summed E-state index contributed by atoms with van der Waals surface area (Å²) in [5.41, 5.74) is 2.08. The maximum Gasteiger partial charge on any atom is 0.264 e. The van der Waals surface area contributed by atoms with Crippen molar-refractivity contribution in [2.45, 2.75) is 57.6 Å². The molecule has 0 bridgehead atoms. The molecule has 0 heterocycles. The number of anilines is 1. The first-order valence-corrected chi connectivity index (χ1v) is 15.2. The van der Waals surface area contributed by atoms with E-state index in [1.54, 1.807) is 31.2 Å². The summed E-state index contributed by atoms with van der Waals surface area (Å²) in [6.45, 7) is 7.02. The van der Waals surface area contributed by atoms with Gasteiger partial charge in [0, 0.05) is 22.1 Å². The summed E-state index contributed by atoms with van der Waals surface area (Å²) >= 11 is 9.44. The van der Waals surface area contributed by atoms with Gasteiger partial charge in [-0.1, -0.05) is 64.3 Å². The Balaban J connectivity index is 2.02. The SMILES string of the molecule is CC[C@@H](C)NC(=O)[C@@H](C)N(Cc1cccc(Br)c1)C(=O)CN(c1ccc(C)cc1)S(=O)(=O)c1ccc(Cl)cc1. The predicted octanol–water partition coefficient (Wildman–Crippen LogP) is 5.94. The van der Waals surface area contributed by atoms with Crippen LogP contribution in [0.4, 0.5) is 5.69 Å². The van der Waals surface area contributed by atoms with E-state index < -0.39 is 28.5 Å². The summed E-state index contributed by atoms with van der Waals surface area (Å²) in [7, 11) is -4.14. The molecule has 0 saturated carbocycles. The van der Waals surface area contributed by atoms with Gasteiger partial charge < -0.3 is 10.2 Å². The van der Waals surface area contributed by atoms with Crippen LogP contribution in [0, 0.1) is 6.92 Å². The number of carbonyl (C=O) groups excluding carboxylic acids is 2. The molecule has 0 aliphatic rings. The zero-order valence-corrected chi connectivity index (χ0v) is 25.6. The van der Waals surface area contributed by atoms with Crippen molar-refractivity contribution in [1.29, 1.82) is 0 Å². The summed E-state index contributed by atoms with van der Waals surface area (Å²) in [6.07, 6.45) is 0.735. The Bertz CT molecular complexity index is 1400. The first-order chi connectivity index (χ1) is 18.4. The Labute approximate surface area is 244 Å². The summed E-state index contributed by atoms with van der Waals surface area (Å²) < 4.78 is 29.5. The van der Waals surface area contributed by atoms with Crippen LogP contribution in [0.25, 0.3) is 0 Å². The normalized spacial score (nSPS) is 12.9. The molecule has 3 aromatic carbocycles. The minimum Gasteiger partial charge on any atom is -0.352 e. The number of benzene rings is 3. The molecule has 0 saturated heterocycles. The molecule has 0 aliphatic carbocycles. The van der Waals surface area contributed by atoms with Crippen LogP contribution in [0.2, 0.25) is 5.02 Å². The van der Waals surface area contributed by atoms with E-state index in [4.69, 9.17) is 11.6 Å². The van der Waals surface area contributed by atoms with E-state index in [0.29, 0.717) is 10.7 Å². The third-order valence-corrected chi connectivity index (χ3v) is 8.95. The van der Waals surface area contributed by atoms with Crippen LogP contribution in [0.1, 0.15) is 38.3 Å². The number of amides is 2. The van der Waals surface area contributed by atoms with Crippen LogP contribution in [0.15, 0.2) is 82.2 Å². The fourth-order valence-electron chi connectivity index (χ4n) is 3.85. The molecule has 208 valence electrons. The van der Waals surface area contributed by atoms with Gasteiger partial charge >= 0.3 is 0 Å². The van der Waals surface area contributed by atoms with Crippen LogP contribution in [0.5, 0.6) is 0 Å². The quantitative estimate of drug-likeness (QED) is 0.283. The molecular weight excluding hydrogens is 602 g/mol. The van der Waals surface area contributed by atoms with Crippen molar-refractivity contribution in [3.05, 3.63) is 93.4 Å². The molecule has 0 unspecified atom stereocenters. The summed E-state index contributed by atoms with van der Waals surface area (Å²) in [5.74, 6) is -0.824. The molecule has 0 aromatic heterocycles. The van der Waals surface area contributed by atoms with Gasteiger partial charge in [-0.25, -0.2) is 8.42 Å². The van der Waals surface area contributed by atoms with Crippen molar-refractivity contribution in [2.75, 3.05) is 10.8 Å². The summed E-state index contributed by atoms with van der Waals surface area (Å²) in [6, 6.07) is 19.2. The van der Waals surface area contributed by atoms with E-state index >= 15 is 0 Å². The third-order valence-electron chi connectivity index (χ3n) is 6.41. The lowest BCUT2D eigenvalue weighted by Crippen LogP contribution is -2.52. The monoisotopic (exact) mass is 633 g/mol. The van der Waals surface area contributed by atoms with Gasteiger partial charge in [0.2, 0.25) is 11.8 Å². The van der Waals surface area contributed by atoms with Crippen molar-refractivity contribution in [3.8, 4) is 0 Å². The number of hydrogen-bond donors (Lipinski definition) is 1. The number of carbonyl (C=O) groups is 2. The smallest absolute Gasteiger partial charge is 0.264 e. The van der Waals surface area contributed by atoms with Crippen molar-refractivity contribution in [3.63, 3.8) is 0 Å². The average molecular weight is 635 g/mol. The molecule has 3 rings (SSSR count). The molecule has 0 radical (unpaired) electrons. The molecule has 10 heteroatoms. The molecule has 0 fully saturated rings. The van der Waals surface area contributed by atoms with Crippen LogP contribution in [-0.4, -0.2) is 43.8 Å². The largest absolute Gasteiger partial charge is 0.352 e. The van der Waals surface area contributed by atoms with E-state index in [-0.39, 0.29) is 23.4 Å². The van der Waals surface area contributed by atoms with Gasteiger partial charge in [-0.3, -0.25) is 13.9 Å². The highest BCUT2D eigenvalue weighted by atomic mass is 79.9. The lowest BCUT2D eigenvalue weighted by Gasteiger charge is -2.32. The molecule has 39 heavy (non-hydrogen) atoms. The fourth-order valence-corrected chi connectivity index (χ4v) is 5.84. The summed E-state index contributed by atoms with van der Waals surface area (Å²) in [5, 5.41) is 3.32. The Morgan fingerprint density at radius 3 is 2.23 bits per heavy atom.